The summed E-state index contributed by atoms with van der Waals surface area (Å²) in [7, 11) is 0. The van der Waals surface area contributed by atoms with E-state index in [0.29, 0.717) is 5.92 Å². The van der Waals surface area contributed by atoms with Crippen LogP contribution in [0.2, 0.25) is 0 Å². The molecule has 0 atom stereocenters. The smallest absolute Gasteiger partial charge is 0.138 e. The van der Waals surface area contributed by atoms with Gasteiger partial charge in [0.15, 0.2) is 0 Å². The van der Waals surface area contributed by atoms with E-state index in [9.17, 15) is 0 Å². The van der Waals surface area contributed by atoms with Crippen LogP contribution >= 0.6 is 0 Å². The minimum Gasteiger partial charge on any atom is -0.461 e. The minimum atomic E-state index is 0.417. The summed E-state index contributed by atoms with van der Waals surface area (Å²) in [5.41, 5.74) is 1.81. The van der Waals surface area contributed by atoms with Crippen molar-refractivity contribution < 1.29 is 8.83 Å². The van der Waals surface area contributed by atoms with Gasteiger partial charge >= 0.3 is 0 Å². The zero-order valence-electron chi connectivity index (χ0n) is 11.7. The maximum Gasteiger partial charge on any atom is 0.138 e. The Hall–Kier alpha value is -1.70. The molecule has 1 aromatic carbocycles. The number of aryl methyl sites for hydroxylation is 1. The first kappa shape index (κ1) is 12.7. The summed E-state index contributed by atoms with van der Waals surface area (Å²) in [6.45, 7) is 10.2. The largest absolute Gasteiger partial charge is 0.461 e. The molecule has 2 heterocycles. The highest BCUT2D eigenvalue weighted by atomic mass is 16.3. The summed E-state index contributed by atoms with van der Waals surface area (Å²) in [5.74, 6) is 2.38. The van der Waals surface area contributed by atoms with E-state index < -0.39 is 0 Å². The Kier molecular flexibility index (Phi) is 3.46. The molecule has 0 saturated carbocycles. The van der Waals surface area contributed by atoms with Crippen molar-refractivity contribution in [3.05, 3.63) is 35.8 Å². The Morgan fingerprint density at radius 3 is 2.11 bits per heavy atom. The summed E-state index contributed by atoms with van der Waals surface area (Å²) in [6.07, 6.45) is 0. The van der Waals surface area contributed by atoms with E-state index in [0.717, 1.165) is 33.5 Å². The van der Waals surface area contributed by atoms with Crippen molar-refractivity contribution in [3.63, 3.8) is 0 Å². The molecule has 96 valence electrons. The van der Waals surface area contributed by atoms with Gasteiger partial charge in [0.25, 0.3) is 0 Å². The molecule has 0 aliphatic rings. The monoisotopic (exact) mass is 244 g/mol. The van der Waals surface area contributed by atoms with E-state index in [1.165, 1.54) is 0 Å². The van der Waals surface area contributed by atoms with E-state index in [2.05, 4.69) is 32.0 Å². The molecule has 18 heavy (non-hydrogen) atoms. The SMILES string of the molecule is CC.Cc1cc2cc3cc(C(C)C)oc3cc2o1. The van der Waals surface area contributed by atoms with Crippen LogP contribution in [-0.4, -0.2) is 0 Å². The maximum absolute atomic E-state index is 5.79. The molecule has 3 rings (SSSR count). The van der Waals surface area contributed by atoms with Crippen molar-refractivity contribution in [2.75, 3.05) is 0 Å². The second kappa shape index (κ2) is 4.89. The van der Waals surface area contributed by atoms with Crippen molar-refractivity contribution in [1.82, 2.24) is 0 Å². The van der Waals surface area contributed by atoms with Crippen molar-refractivity contribution in [3.8, 4) is 0 Å². The number of benzene rings is 1. The van der Waals surface area contributed by atoms with E-state index in [-0.39, 0.29) is 0 Å². The third-order valence-corrected chi connectivity index (χ3v) is 2.87. The van der Waals surface area contributed by atoms with Gasteiger partial charge in [0, 0.05) is 22.8 Å². The van der Waals surface area contributed by atoms with E-state index in [4.69, 9.17) is 8.83 Å². The summed E-state index contributed by atoms with van der Waals surface area (Å²) in [5, 5.41) is 2.29. The lowest BCUT2D eigenvalue weighted by atomic mass is 10.1. The van der Waals surface area contributed by atoms with Gasteiger partial charge in [0.2, 0.25) is 0 Å². The second-order valence-corrected chi connectivity index (χ2v) is 4.59. The van der Waals surface area contributed by atoms with Gasteiger partial charge in [-0.3, -0.25) is 0 Å². The Morgan fingerprint density at radius 2 is 1.44 bits per heavy atom. The molecule has 2 nitrogen and oxygen atoms in total. The Balaban J connectivity index is 0.000000574. The molecule has 2 heteroatoms. The molecule has 0 unspecified atom stereocenters. The van der Waals surface area contributed by atoms with Crippen LogP contribution in [0.5, 0.6) is 0 Å². The zero-order chi connectivity index (χ0) is 13.3. The van der Waals surface area contributed by atoms with Gasteiger partial charge in [0.1, 0.15) is 22.7 Å². The van der Waals surface area contributed by atoms with Gasteiger partial charge in [-0.15, -0.1) is 0 Å². The summed E-state index contributed by atoms with van der Waals surface area (Å²) in [4.78, 5) is 0. The van der Waals surface area contributed by atoms with Crippen LogP contribution in [0.15, 0.2) is 33.1 Å². The van der Waals surface area contributed by atoms with Crippen LogP contribution in [0.4, 0.5) is 0 Å². The topological polar surface area (TPSA) is 26.3 Å². The molecule has 0 radical (unpaired) electrons. The summed E-state index contributed by atoms with van der Waals surface area (Å²) >= 11 is 0. The van der Waals surface area contributed by atoms with Crippen LogP contribution in [0.3, 0.4) is 0 Å². The quantitative estimate of drug-likeness (QED) is 0.554. The lowest BCUT2D eigenvalue weighted by molar-refractivity contribution is 0.520. The highest BCUT2D eigenvalue weighted by Crippen LogP contribution is 2.30. The third kappa shape index (κ3) is 2.15. The van der Waals surface area contributed by atoms with Gasteiger partial charge < -0.3 is 8.83 Å². The van der Waals surface area contributed by atoms with Crippen LogP contribution in [0.1, 0.15) is 45.1 Å². The van der Waals surface area contributed by atoms with E-state index in [1.807, 2.05) is 26.8 Å². The van der Waals surface area contributed by atoms with Gasteiger partial charge in [-0.05, 0) is 25.1 Å². The molecule has 0 saturated heterocycles. The molecule has 0 spiro atoms. The molecule has 0 N–H and O–H groups in total. The van der Waals surface area contributed by atoms with Crippen LogP contribution in [0, 0.1) is 6.92 Å². The van der Waals surface area contributed by atoms with E-state index in [1.54, 1.807) is 0 Å². The number of hydrogen-bond donors (Lipinski definition) is 0. The van der Waals surface area contributed by atoms with Crippen molar-refractivity contribution >= 4 is 21.9 Å². The van der Waals surface area contributed by atoms with Gasteiger partial charge in [-0.2, -0.15) is 0 Å². The van der Waals surface area contributed by atoms with Crippen molar-refractivity contribution in [2.24, 2.45) is 0 Å². The molecular weight excluding hydrogens is 224 g/mol. The van der Waals surface area contributed by atoms with Crippen molar-refractivity contribution in [1.29, 1.82) is 0 Å². The normalized spacial score (nSPS) is 11.0. The van der Waals surface area contributed by atoms with Crippen LogP contribution in [0.25, 0.3) is 21.9 Å². The number of rotatable bonds is 1. The van der Waals surface area contributed by atoms with Gasteiger partial charge in [-0.25, -0.2) is 0 Å². The van der Waals surface area contributed by atoms with Gasteiger partial charge in [-0.1, -0.05) is 27.7 Å². The molecule has 0 aliphatic heterocycles. The minimum absolute atomic E-state index is 0.417. The fourth-order valence-corrected chi connectivity index (χ4v) is 2.01. The molecule has 2 aromatic heterocycles. The lowest BCUT2D eigenvalue weighted by Crippen LogP contribution is -1.79. The molecule has 0 fully saturated rings. The lowest BCUT2D eigenvalue weighted by Gasteiger charge is -1.95. The second-order valence-electron chi connectivity index (χ2n) is 4.59. The summed E-state index contributed by atoms with van der Waals surface area (Å²) in [6, 6.07) is 8.26. The number of fused-ring (bicyclic) bond motifs is 2. The van der Waals surface area contributed by atoms with Crippen molar-refractivity contribution in [2.45, 2.75) is 40.5 Å². The number of hydrogen-bond acceptors (Lipinski definition) is 2. The zero-order valence-corrected chi connectivity index (χ0v) is 11.7. The first-order chi connectivity index (χ1) is 8.63. The average molecular weight is 244 g/mol. The highest BCUT2D eigenvalue weighted by molar-refractivity contribution is 5.93. The Labute approximate surface area is 108 Å². The predicted octanol–water partition coefficient (Wildman–Crippen LogP) is 5.64. The maximum atomic E-state index is 5.79. The Morgan fingerprint density at radius 1 is 0.833 bits per heavy atom. The third-order valence-electron chi connectivity index (χ3n) is 2.87. The predicted molar refractivity (Wildman–Crippen MR) is 76.2 cm³/mol. The molecule has 0 amide bonds. The molecule has 3 aromatic rings. The van der Waals surface area contributed by atoms with Gasteiger partial charge in [0.05, 0.1) is 0 Å². The fourth-order valence-electron chi connectivity index (χ4n) is 2.01. The van der Waals surface area contributed by atoms with Crippen LogP contribution < -0.4 is 0 Å². The van der Waals surface area contributed by atoms with E-state index >= 15 is 0 Å². The fraction of sp³-hybridized carbons (Fsp3) is 0.375. The molecular formula is C16H20O2. The Bertz CT molecular complexity index is 605. The number of furan rings is 2. The first-order valence-electron chi connectivity index (χ1n) is 6.57. The standard InChI is InChI=1S/C14H14O2.C2H6/c1-8(2)12-6-11-5-10-4-9(3)15-13(10)7-14(11)16-12;1-2/h4-8H,1-3H3;1-2H3. The molecule has 0 aliphatic carbocycles. The highest BCUT2D eigenvalue weighted by Gasteiger charge is 2.10. The summed E-state index contributed by atoms with van der Waals surface area (Å²) < 4.78 is 11.4. The molecule has 0 bridgehead atoms. The average Bonchev–Trinajstić information content (AvgIpc) is 2.89. The first-order valence-corrected chi connectivity index (χ1v) is 6.57. The van der Waals surface area contributed by atoms with Crippen LogP contribution in [-0.2, 0) is 0 Å².